The summed E-state index contributed by atoms with van der Waals surface area (Å²) in [5.41, 5.74) is 0.464. The molecule has 114 valence electrons. The monoisotopic (exact) mass is 292 g/mol. The average Bonchev–Trinajstić information content (AvgIpc) is 3.04. The minimum atomic E-state index is -0.782. The van der Waals surface area contributed by atoms with E-state index in [1.807, 2.05) is 36.4 Å². The zero-order valence-electron chi connectivity index (χ0n) is 12.7. The van der Waals surface area contributed by atoms with E-state index in [0.717, 1.165) is 11.1 Å². The summed E-state index contributed by atoms with van der Waals surface area (Å²) in [5.74, 6) is 0. The molecule has 2 aliphatic rings. The zero-order valence-corrected chi connectivity index (χ0v) is 12.7. The van der Waals surface area contributed by atoms with Gasteiger partial charge in [0.1, 0.15) is 0 Å². The van der Waals surface area contributed by atoms with Crippen molar-refractivity contribution in [3.63, 3.8) is 0 Å². The van der Waals surface area contributed by atoms with Gasteiger partial charge in [0.15, 0.2) is 23.8 Å². The summed E-state index contributed by atoms with van der Waals surface area (Å²) in [6.07, 6.45) is 2.85. The van der Waals surface area contributed by atoms with Gasteiger partial charge in [0.05, 0.1) is 0 Å². The van der Waals surface area contributed by atoms with Crippen LogP contribution in [0.5, 0.6) is 0 Å². The van der Waals surface area contributed by atoms with Crippen molar-refractivity contribution in [1.29, 1.82) is 0 Å². The Hall–Kier alpha value is -1.24. The summed E-state index contributed by atoms with van der Waals surface area (Å²) < 4.78 is 28.3. The fourth-order valence-electron chi connectivity index (χ4n) is 3.45. The Morgan fingerprint density at radius 3 is 1.48 bits per heavy atom. The van der Waals surface area contributed by atoms with E-state index in [4.69, 9.17) is 23.7 Å². The van der Waals surface area contributed by atoms with Crippen LogP contribution >= 0.6 is 0 Å². The van der Waals surface area contributed by atoms with Crippen LogP contribution in [0.2, 0.25) is 0 Å². The van der Waals surface area contributed by atoms with Crippen molar-refractivity contribution < 1.29 is 23.7 Å². The molecule has 0 aliphatic carbocycles. The van der Waals surface area contributed by atoms with E-state index in [-0.39, 0.29) is 0 Å². The molecule has 5 heteroatoms. The van der Waals surface area contributed by atoms with Gasteiger partial charge in [0.25, 0.3) is 0 Å². The SMILES string of the molecule is COC(OC)C12C=CC(C(OC)OC)(O1)c1ccccc12. The largest absolute Gasteiger partial charge is 0.352 e. The molecule has 5 nitrogen and oxygen atoms in total. The molecule has 0 amide bonds. The Kier molecular flexibility index (Phi) is 3.63. The highest BCUT2D eigenvalue weighted by atomic mass is 16.7. The number of hydrogen-bond acceptors (Lipinski definition) is 5. The number of hydrogen-bond donors (Lipinski definition) is 0. The van der Waals surface area contributed by atoms with E-state index in [0.29, 0.717) is 0 Å². The van der Waals surface area contributed by atoms with E-state index in [1.165, 1.54) is 0 Å². The van der Waals surface area contributed by atoms with E-state index in [9.17, 15) is 0 Å². The highest BCUT2D eigenvalue weighted by Crippen LogP contribution is 2.57. The van der Waals surface area contributed by atoms with Crippen molar-refractivity contribution in [2.24, 2.45) is 0 Å². The van der Waals surface area contributed by atoms with Crippen LogP contribution in [0.1, 0.15) is 11.1 Å². The van der Waals surface area contributed by atoms with Gasteiger partial charge in [-0.1, -0.05) is 24.3 Å². The maximum absolute atomic E-state index is 6.39. The lowest BCUT2D eigenvalue weighted by Crippen LogP contribution is -2.42. The van der Waals surface area contributed by atoms with Crippen molar-refractivity contribution in [1.82, 2.24) is 0 Å². The van der Waals surface area contributed by atoms with Gasteiger partial charge in [-0.3, -0.25) is 0 Å². The Labute approximate surface area is 124 Å². The molecule has 0 saturated heterocycles. The minimum Gasteiger partial charge on any atom is -0.352 e. The molecule has 0 saturated carbocycles. The zero-order chi connectivity index (χ0) is 15.1. The second-order valence-electron chi connectivity index (χ2n) is 5.17. The average molecular weight is 292 g/mol. The molecule has 0 aromatic heterocycles. The van der Waals surface area contributed by atoms with Crippen LogP contribution in [0.4, 0.5) is 0 Å². The van der Waals surface area contributed by atoms with Crippen molar-refractivity contribution >= 4 is 0 Å². The first-order valence-corrected chi connectivity index (χ1v) is 6.80. The molecule has 2 atom stereocenters. The maximum atomic E-state index is 6.39. The van der Waals surface area contributed by atoms with Crippen LogP contribution in [-0.4, -0.2) is 41.0 Å². The summed E-state index contributed by atoms with van der Waals surface area (Å²) in [6.45, 7) is 0. The van der Waals surface area contributed by atoms with Crippen molar-refractivity contribution in [2.45, 2.75) is 23.8 Å². The molecule has 1 aromatic carbocycles. The molecule has 1 aromatic rings. The summed E-state index contributed by atoms with van der Waals surface area (Å²) >= 11 is 0. The molecule has 0 radical (unpaired) electrons. The van der Waals surface area contributed by atoms with Gasteiger partial charge in [-0.2, -0.15) is 0 Å². The third-order valence-electron chi connectivity index (χ3n) is 4.24. The van der Waals surface area contributed by atoms with Crippen LogP contribution in [-0.2, 0) is 34.9 Å². The predicted octanol–water partition coefficient (Wildman–Crippen LogP) is 1.91. The second-order valence-corrected chi connectivity index (χ2v) is 5.17. The molecule has 2 aliphatic heterocycles. The molecule has 0 spiro atoms. The van der Waals surface area contributed by atoms with Crippen LogP contribution in [0, 0.1) is 0 Å². The van der Waals surface area contributed by atoms with Gasteiger partial charge < -0.3 is 23.7 Å². The molecule has 3 rings (SSSR count). The van der Waals surface area contributed by atoms with Crippen LogP contribution in [0.25, 0.3) is 0 Å². The Morgan fingerprint density at radius 1 is 0.762 bits per heavy atom. The number of rotatable bonds is 6. The molecular formula is C16H20O5. The maximum Gasteiger partial charge on any atom is 0.194 e. The van der Waals surface area contributed by atoms with Crippen LogP contribution in [0.15, 0.2) is 36.4 Å². The fourth-order valence-corrected chi connectivity index (χ4v) is 3.45. The standard InChI is InChI=1S/C16H20O5/c1-17-13(18-2)15-9-10-16(21-15,14(19-3)20-4)12-8-6-5-7-11(12)15/h5-10,13-14H,1-4H3. The highest BCUT2D eigenvalue weighted by Gasteiger charge is 2.63. The normalized spacial score (nSPS) is 29.6. The van der Waals surface area contributed by atoms with Gasteiger partial charge in [-0.25, -0.2) is 0 Å². The van der Waals surface area contributed by atoms with Crippen molar-refractivity contribution in [3.8, 4) is 0 Å². The van der Waals surface area contributed by atoms with E-state index in [1.54, 1.807) is 28.4 Å². The fraction of sp³-hybridized carbons (Fsp3) is 0.500. The van der Waals surface area contributed by atoms with Gasteiger partial charge in [-0.15, -0.1) is 0 Å². The lowest BCUT2D eigenvalue weighted by Gasteiger charge is -2.33. The second kappa shape index (κ2) is 5.19. The van der Waals surface area contributed by atoms with Gasteiger partial charge in [0.2, 0.25) is 0 Å². The Balaban J connectivity index is 2.16. The van der Waals surface area contributed by atoms with Crippen molar-refractivity contribution in [3.05, 3.63) is 47.5 Å². The third kappa shape index (κ3) is 1.76. The molecule has 2 heterocycles. The first kappa shape index (κ1) is 14.7. The summed E-state index contributed by atoms with van der Waals surface area (Å²) in [5, 5.41) is 0. The number of ether oxygens (including phenoxy) is 5. The first-order valence-electron chi connectivity index (χ1n) is 6.80. The molecule has 0 fully saturated rings. The predicted molar refractivity (Wildman–Crippen MR) is 75.6 cm³/mol. The molecular weight excluding hydrogens is 272 g/mol. The quantitative estimate of drug-likeness (QED) is 0.592. The Morgan fingerprint density at radius 2 is 1.14 bits per heavy atom. The van der Waals surface area contributed by atoms with Gasteiger partial charge in [0, 0.05) is 28.4 Å². The topological polar surface area (TPSA) is 46.2 Å². The van der Waals surface area contributed by atoms with Crippen molar-refractivity contribution in [2.75, 3.05) is 28.4 Å². The molecule has 0 N–H and O–H groups in total. The van der Waals surface area contributed by atoms with Gasteiger partial charge >= 0.3 is 0 Å². The number of methoxy groups -OCH3 is 4. The number of benzene rings is 1. The lowest BCUT2D eigenvalue weighted by molar-refractivity contribution is -0.276. The number of fused-ring (bicyclic) bond motifs is 5. The van der Waals surface area contributed by atoms with Crippen LogP contribution in [0.3, 0.4) is 0 Å². The van der Waals surface area contributed by atoms with E-state index in [2.05, 4.69) is 0 Å². The minimum absolute atomic E-state index is 0.548. The highest BCUT2D eigenvalue weighted by molar-refractivity contribution is 5.52. The first-order chi connectivity index (χ1) is 10.2. The van der Waals surface area contributed by atoms with E-state index >= 15 is 0 Å². The molecule has 21 heavy (non-hydrogen) atoms. The van der Waals surface area contributed by atoms with Crippen LogP contribution < -0.4 is 0 Å². The van der Waals surface area contributed by atoms with E-state index < -0.39 is 23.8 Å². The Bertz CT molecular complexity index is 502. The third-order valence-corrected chi connectivity index (χ3v) is 4.24. The molecule has 2 unspecified atom stereocenters. The summed E-state index contributed by atoms with van der Waals surface area (Å²) in [6, 6.07) is 7.99. The summed E-state index contributed by atoms with van der Waals surface area (Å²) in [4.78, 5) is 0. The lowest BCUT2D eigenvalue weighted by atomic mass is 9.81. The smallest absolute Gasteiger partial charge is 0.194 e. The molecule has 2 bridgehead atoms. The summed E-state index contributed by atoms with van der Waals surface area (Å²) in [7, 11) is 6.41. The van der Waals surface area contributed by atoms with Gasteiger partial charge in [-0.05, 0) is 23.3 Å².